The molecular formula is C26H27Cl2N7O4. The second-order valence-corrected chi connectivity index (χ2v) is 10.1. The number of nitrogens with two attached hydrogens (primary N) is 1. The van der Waals surface area contributed by atoms with Crippen molar-refractivity contribution >= 4 is 52.6 Å². The zero-order valence-electron chi connectivity index (χ0n) is 21.0. The molecule has 2 heterocycles. The number of hydroxylamine groups is 1. The largest absolute Gasteiger partial charge is 0.382 e. The molecule has 1 aromatic heterocycles. The predicted molar refractivity (Wildman–Crippen MR) is 148 cm³/mol. The summed E-state index contributed by atoms with van der Waals surface area (Å²) in [5, 5.41) is 15.0. The van der Waals surface area contributed by atoms with Gasteiger partial charge in [0.05, 0.1) is 22.8 Å². The third-order valence-electron chi connectivity index (χ3n) is 6.55. The number of anilines is 2. The highest BCUT2D eigenvalue weighted by molar-refractivity contribution is 6.43. The summed E-state index contributed by atoms with van der Waals surface area (Å²) in [6, 6.07) is 10.9. The van der Waals surface area contributed by atoms with Crippen LogP contribution in [0.25, 0.3) is 11.3 Å². The Morgan fingerprint density at radius 3 is 2.31 bits per heavy atom. The Balaban J connectivity index is 1.29. The molecule has 0 atom stereocenters. The molecule has 1 saturated heterocycles. The minimum Gasteiger partial charge on any atom is -0.382 e. The molecule has 0 saturated carbocycles. The lowest BCUT2D eigenvalue weighted by Crippen LogP contribution is -2.55. The average molecular weight is 572 g/mol. The van der Waals surface area contributed by atoms with Gasteiger partial charge in [0.1, 0.15) is 11.5 Å². The molecule has 2 aromatic carbocycles. The normalized spacial score (nSPS) is 14.4. The van der Waals surface area contributed by atoms with Gasteiger partial charge in [-0.15, -0.1) is 0 Å². The number of nitrogens with zero attached hydrogens (tertiary/aromatic N) is 3. The number of carbonyl (C=O) groups excluding carboxylic acids is 3. The van der Waals surface area contributed by atoms with Gasteiger partial charge < -0.3 is 21.3 Å². The first-order chi connectivity index (χ1) is 18.6. The standard InChI is InChI=1S/C26H27Cl2N7O4/c1-26(33-20(36)14-31-24(37)15-5-7-16(8-6-15)25(38)34-39)9-11-35(12-10-26)19-13-30-22(23(29)32-19)17-3-2-4-18(27)21(17)28/h2-8,13,39H,9-12,14H2,1H3,(H2,29,32)(H,31,37)(H,33,36)(H,34,38). The van der Waals surface area contributed by atoms with Crippen molar-refractivity contribution in [3.63, 3.8) is 0 Å². The second-order valence-electron chi connectivity index (χ2n) is 9.36. The van der Waals surface area contributed by atoms with Crippen LogP contribution in [0.3, 0.4) is 0 Å². The lowest BCUT2D eigenvalue weighted by Gasteiger charge is -2.40. The number of piperidine rings is 1. The summed E-state index contributed by atoms with van der Waals surface area (Å²) in [5.41, 5.74) is 8.79. The quantitative estimate of drug-likeness (QED) is 0.213. The molecule has 6 N–H and O–H groups in total. The third kappa shape index (κ3) is 6.56. The Morgan fingerprint density at radius 2 is 1.69 bits per heavy atom. The van der Waals surface area contributed by atoms with E-state index in [9.17, 15) is 14.4 Å². The van der Waals surface area contributed by atoms with Crippen molar-refractivity contribution in [3.8, 4) is 11.3 Å². The summed E-state index contributed by atoms with van der Waals surface area (Å²) in [5.74, 6) is -0.601. The number of nitrogen functional groups attached to an aromatic ring is 1. The zero-order valence-corrected chi connectivity index (χ0v) is 22.5. The van der Waals surface area contributed by atoms with Crippen LogP contribution >= 0.6 is 23.2 Å². The maximum absolute atomic E-state index is 12.6. The lowest BCUT2D eigenvalue weighted by molar-refractivity contribution is -0.122. The van der Waals surface area contributed by atoms with Crippen LogP contribution in [0.5, 0.6) is 0 Å². The monoisotopic (exact) mass is 571 g/mol. The Bertz CT molecular complexity index is 1390. The molecule has 11 nitrogen and oxygen atoms in total. The van der Waals surface area contributed by atoms with Gasteiger partial charge in [0.2, 0.25) is 5.91 Å². The van der Waals surface area contributed by atoms with Crippen molar-refractivity contribution < 1.29 is 19.6 Å². The molecule has 4 rings (SSSR count). The molecule has 0 radical (unpaired) electrons. The van der Waals surface area contributed by atoms with E-state index >= 15 is 0 Å². The number of nitrogens with one attached hydrogen (secondary N) is 3. The fraction of sp³-hybridized carbons (Fsp3) is 0.269. The zero-order chi connectivity index (χ0) is 28.2. The van der Waals surface area contributed by atoms with Crippen LogP contribution in [0.4, 0.5) is 11.6 Å². The smallest absolute Gasteiger partial charge is 0.274 e. The molecule has 3 aromatic rings. The SMILES string of the molecule is CC1(NC(=O)CNC(=O)c2ccc(C(=O)NO)cc2)CCN(c2cnc(-c3cccc(Cl)c3Cl)c(N)n2)CC1. The Kier molecular flexibility index (Phi) is 8.54. The van der Waals surface area contributed by atoms with E-state index in [-0.39, 0.29) is 29.4 Å². The summed E-state index contributed by atoms with van der Waals surface area (Å²) in [7, 11) is 0. The molecular weight excluding hydrogens is 545 g/mol. The van der Waals surface area contributed by atoms with Gasteiger partial charge in [0.15, 0.2) is 5.82 Å². The van der Waals surface area contributed by atoms with E-state index in [1.165, 1.54) is 29.7 Å². The Hall–Kier alpha value is -3.93. The first-order valence-electron chi connectivity index (χ1n) is 12.1. The number of benzene rings is 2. The summed E-state index contributed by atoms with van der Waals surface area (Å²) in [4.78, 5) is 47.4. The fourth-order valence-electron chi connectivity index (χ4n) is 4.28. The Labute approximate surface area is 234 Å². The molecule has 204 valence electrons. The van der Waals surface area contributed by atoms with E-state index in [2.05, 4.69) is 20.6 Å². The topological polar surface area (TPSA) is 163 Å². The van der Waals surface area contributed by atoms with Crippen LogP contribution in [-0.4, -0.2) is 58.1 Å². The highest BCUT2D eigenvalue weighted by atomic mass is 35.5. The molecule has 0 spiro atoms. The van der Waals surface area contributed by atoms with Crippen LogP contribution in [0.15, 0.2) is 48.7 Å². The highest BCUT2D eigenvalue weighted by Gasteiger charge is 2.32. The summed E-state index contributed by atoms with van der Waals surface area (Å²) < 4.78 is 0. The fourth-order valence-corrected chi connectivity index (χ4v) is 4.67. The van der Waals surface area contributed by atoms with E-state index in [0.29, 0.717) is 53.1 Å². The average Bonchev–Trinajstić information content (AvgIpc) is 2.93. The highest BCUT2D eigenvalue weighted by Crippen LogP contribution is 2.35. The molecule has 3 amide bonds. The van der Waals surface area contributed by atoms with Crippen molar-refractivity contribution in [1.29, 1.82) is 0 Å². The van der Waals surface area contributed by atoms with Crippen molar-refractivity contribution in [1.82, 2.24) is 26.1 Å². The number of hydrogen-bond acceptors (Lipinski definition) is 8. The van der Waals surface area contributed by atoms with Gasteiger partial charge in [-0.1, -0.05) is 35.3 Å². The first-order valence-corrected chi connectivity index (χ1v) is 12.8. The second kappa shape index (κ2) is 11.9. The van der Waals surface area contributed by atoms with Crippen molar-refractivity contribution in [2.75, 3.05) is 30.3 Å². The molecule has 1 aliphatic heterocycles. The molecule has 1 aliphatic rings. The maximum atomic E-state index is 12.6. The minimum atomic E-state index is -0.685. The van der Waals surface area contributed by atoms with E-state index < -0.39 is 17.4 Å². The van der Waals surface area contributed by atoms with E-state index in [4.69, 9.17) is 34.1 Å². The number of amides is 3. The van der Waals surface area contributed by atoms with Crippen LogP contribution < -0.4 is 26.7 Å². The summed E-state index contributed by atoms with van der Waals surface area (Å²) in [6.45, 7) is 2.98. The van der Waals surface area contributed by atoms with Crippen molar-refractivity contribution in [2.24, 2.45) is 0 Å². The third-order valence-corrected chi connectivity index (χ3v) is 7.36. The number of hydrogen-bond donors (Lipinski definition) is 5. The molecule has 0 unspecified atom stereocenters. The number of rotatable bonds is 7. The Morgan fingerprint density at radius 1 is 1.05 bits per heavy atom. The van der Waals surface area contributed by atoms with Gasteiger partial charge in [-0.3, -0.25) is 19.6 Å². The summed E-state index contributed by atoms with van der Waals surface area (Å²) >= 11 is 12.4. The van der Waals surface area contributed by atoms with E-state index in [0.717, 1.165) is 0 Å². The van der Waals surface area contributed by atoms with Crippen LogP contribution in [0.2, 0.25) is 10.0 Å². The molecule has 1 fully saturated rings. The van der Waals surface area contributed by atoms with Crippen molar-refractivity contribution in [3.05, 3.63) is 69.8 Å². The van der Waals surface area contributed by atoms with Crippen molar-refractivity contribution in [2.45, 2.75) is 25.3 Å². The van der Waals surface area contributed by atoms with Gasteiger partial charge in [-0.25, -0.2) is 15.4 Å². The number of aromatic nitrogens is 2. The summed E-state index contributed by atoms with van der Waals surface area (Å²) in [6.07, 6.45) is 2.93. The number of halogens is 2. The maximum Gasteiger partial charge on any atom is 0.274 e. The number of carbonyl (C=O) groups is 3. The molecule has 39 heavy (non-hydrogen) atoms. The van der Waals surface area contributed by atoms with E-state index in [1.807, 2.05) is 11.8 Å². The van der Waals surface area contributed by atoms with Gasteiger partial charge >= 0.3 is 0 Å². The predicted octanol–water partition coefficient (Wildman–Crippen LogP) is 3.06. The molecule has 13 heteroatoms. The van der Waals surface area contributed by atoms with E-state index in [1.54, 1.807) is 24.4 Å². The molecule has 0 bridgehead atoms. The lowest BCUT2D eigenvalue weighted by atomic mass is 9.89. The van der Waals surface area contributed by atoms with Gasteiger partial charge in [-0.2, -0.15) is 0 Å². The van der Waals surface area contributed by atoms with Crippen LogP contribution in [0.1, 0.15) is 40.5 Å². The van der Waals surface area contributed by atoms with Crippen LogP contribution in [-0.2, 0) is 4.79 Å². The molecule has 0 aliphatic carbocycles. The minimum absolute atomic E-state index is 0.196. The van der Waals surface area contributed by atoms with Gasteiger partial charge in [-0.05, 0) is 50.1 Å². The van der Waals surface area contributed by atoms with Gasteiger partial charge in [0, 0.05) is 35.3 Å². The van der Waals surface area contributed by atoms with Crippen LogP contribution in [0, 0.1) is 0 Å². The first kappa shape index (κ1) is 28.1. The van der Waals surface area contributed by atoms with Gasteiger partial charge in [0.25, 0.3) is 11.8 Å².